The average Bonchev–Trinajstić information content (AvgIpc) is 3.15. The van der Waals surface area contributed by atoms with Crippen molar-refractivity contribution >= 4 is 29.6 Å². The van der Waals surface area contributed by atoms with Crippen molar-refractivity contribution in [2.45, 2.75) is 25.2 Å². The maximum Gasteiger partial charge on any atom is 0.316 e. The topological polar surface area (TPSA) is 125 Å². The summed E-state index contributed by atoms with van der Waals surface area (Å²) >= 11 is 1.11. The van der Waals surface area contributed by atoms with Crippen molar-refractivity contribution < 1.29 is 18.7 Å². The Balaban J connectivity index is 1.89. The number of thioether (sulfide) groups is 1. The van der Waals surface area contributed by atoms with E-state index in [1.165, 1.54) is 10.8 Å². The van der Waals surface area contributed by atoms with Gasteiger partial charge < -0.3 is 20.2 Å². The number of carbonyl (C=O) groups is 2. The molecule has 2 aromatic heterocycles. The number of nitrogen functional groups attached to an aromatic ring is 1. The van der Waals surface area contributed by atoms with Gasteiger partial charge in [-0.3, -0.25) is 14.2 Å². The van der Waals surface area contributed by atoms with Crippen molar-refractivity contribution in [2.75, 3.05) is 18.1 Å². The van der Waals surface area contributed by atoms with Crippen LogP contribution in [0.1, 0.15) is 12.7 Å². The molecule has 2 aromatic rings. The van der Waals surface area contributed by atoms with Crippen molar-refractivity contribution in [3.05, 3.63) is 24.2 Å². The molecule has 0 radical (unpaired) electrons. The lowest BCUT2D eigenvalue weighted by atomic mass is 10.4. The molecule has 0 bridgehead atoms. The van der Waals surface area contributed by atoms with Gasteiger partial charge in [-0.05, 0) is 19.1 Å². The van der Waals surface area contributed by atoms with Gasteiger partial charge >= 0.3 is 5.97 Å². The summed E-state index contributed by atoms with van der Waals surface area (Å²) in [6, 6.07) is 3.50. The zero-order chi connectivity index (χ0) is 16.7. The van der Waals surface area contributed by atoms with Gasteiger partial charge in [-0.1, -0.05) is 11.8 Å². The number of nitrogens with zero attached hydrogens (tertiary/aromatic N) is 3. The maximum absolute atomic E-state index is 12.0. The molecule has 2 rings (SSSR count). The Morgan fingerprint density at radius 1 is 1.48 bits per heavy atom. The van der Waals surface area contributed by atoms with Crippen LogP contribution in [0.2, 0.25) is 0 Å². The van der Waals surface area contributed by atoms with Crippen molar-refractivity contribution in [3.8, 4) is 0 Å². The Kier molecular flexibility index (Phi) is 6.03. The molecule has 9 nitrogen and oxygen atoms in total. The van der Waals surface area contributed by atoms with Crippen LogP contribution in [0.4, 0.5) is 5.95 Å². The molecule has 0 saturated heterocycles. The van der Waals surface area contributed by atoms with E-state index >= 15 is 0 Å². The van der Waals surface area contributed by atoms with Gasteiger partial charge in [-0.2, -0.15) is 0 Å². The monoisotopic (exact) mass is 339 g/mol. The highest BCUT2D eigenvalue weighted by Crippen LogP contribution is 2.18. The van der Waals surface area contributed by atoms with Gasteiger partial charge in [0.25, 0.3) is 0 Å². The largest absolute Gasteiger partial charge is 0.467 e. The number of rotatable bonds is 8. The quantitative estimate of drug-likeness (QED) is 0.524. The summed E-state index contributed by atoms with van der Waals surface area (Å²) in [5, 5.41) is 10.7. The fourth-order valence-corrected chi connectivity index (χ4v) is 2.42. The lowest BCUT2D eigenvalue weighted by molar-refractivity contribution is -0.139. The van der Waals surface area contributed by atoms with E-state index in [1.807, 2.05) is 0 Å². The third kappa shape index (κ3) is 5.02. The zero-order valence-corrected chi connectivity index (χ0v) is 13.3. The van der Waals surface area contributed by atoms with Gasteiger partial charge in [0.05, 0.1) is 25.2 Å². The molecule has 0 fully saturated rings. The van der Waals surface area contributed by atoms with Crippen molar-refractivity contribution in [1.29, 1.82) is 0 Å². The molecule has 0 aliphatic rings. The molecule has 0 atom stereocenters. The van der Waals surface area contributed by atoms with E-state index in [1.54, 1.807) is 19.1 Å². The standard InChI is InChI=1S/C13H17N5O4S/c1-2-21-11(20)8-23-13-17-16-12(14)18(13)7-10(19)15-6-9-4-3-5-22-9/h3-5H,2,6-8H2,1H3,(H2,14,16)(H,15,19). The van der Waals surface area contributed by atoms with Crippen molar-refractivity contribution in [2.24, 2.45) is 0 Å². The van der Waals surface area contributed by atoms with Gasteiger partial charge in [0.2, 0.25) is 11.9 Å². The molecule has 0 aromatic carbocycles. The lowest BCUT2D eigenvalue weighted by Crippen LogP contribution is -2.27. The summed E-state index contributed by atoms with van der Waals surface area (Å²) in [6.07, 6.45) is 1.53. The van der Waals surface area contributed by atoms with Crippen LogP contribution < -0.4 is 11.1 Å². The molecule has 23 heavy (non-hydrogen) atoms. The highest BCUT2D eigenvalue weighted by molar-refractivity contribution is 7.99. The predicted molar refractivity (Wildman–Crippen MR) is 82.3 cm³/mol. The van der Waals surface area contributed by atoms with Crippen LogP contribution in [0.15, 0.2) is 28.0 Å². The number of nitrogens with two attached hydrogens (primary N) is 1. The van der Waals surface area contributed by atoms with E-state index in [-0.39, 0.29) is 36.7 Å². The summed E-state index contributed by atoms with van der Waals surface area (Å²) in [7, 11) is 0. The number of ether oxygens (including phenoxy) is 1. The van der Waals surface area contributed by atoms with E-state index in [4.69, 9.17) is 14.9 Å². The van der Waals surface area contributed by atoms with Gasteiger partial charge in [-0.25, -0.2) is 0 Å². The van der Waals surface area contributed by atoms with Gasteiger partial charge in [0.15, 0.2) is 5.16 Å². The molecule has 10 heteroatoms. The molecule has 3 N–H and O–H groups in total. The smallest absolute Gasteiger partial charge is 0.316 e. The Morgan fingerprint density at radius 2 is 2.30 bits per heavy atom. The second-order valence-electron chi connectivity index (χ2n) is 4.38. The van der Waals surface area contributed by atoms with E-state index < -0.39 is 0 Å². The molecule has 1 amide bonds. The Hall–Kier alpha value is -2.49. The first-order valence-electron chi connectivity index (χ1n) is 6.86. The first-order chi connectivity index (χ1) is 11.1. The minimum absolute atomic E-state index is 0.0509. The van der Waals surface area contributed by atoms with Gasteiger partial charge in [-0.15, -0.1) is 10.2 Å². The summed E-state index contributed by atoms with van der Waals surface area (Å²) < 4.78 is 11.4. The second-order valence-corrected chi connectivity index (χ2v) is 5.32. The Bertz CT molecular complexity index is 655. The third-order valence-electron chi connectivity index (χ3n) is 2.71. The number of anilines is 1. The normalized spacial score (nSPS) is 10.5. The van der Waals surface area contributed by atoms with E-state index in [0.29, 0.717) is 17.5 Å². The van der Waals surface area contributed by atoms with E-state index in [0.717, 1.165) is 11.8 Å². The summed E-state index contributed by atoms with van der Waals surface area (Å²) in [6.45, 7) is 2.26. The minimum atomic E-state index is -0.368. The second kappa shape index (κ2) is 8.22. The van der Waals surface area contributed by atoms with Crippen LogP contribution in [0.5, 0.6) is 0 Å². The summed E-state index contributed by atoms with van der Waals surface area (Å²) in [4.78, 5) is 23.3. The van der Waals surface area contributed by atoms with Crippen LogP contribution in [0.3, 0.4) is 0 Å². The number of aromatic nitrogens is 3. The third-order valence-corrected chi connectivity index (χ3v) is 3.65. The molecule has 0 spiro atoms. The lowest BCUT2D eigenvalue weighted by Gasteiger charge is -2.08. The highest BCUT2D eigenvalue weighted by Gasteiger charge is 2.15. The number of nitrogens with one attached hydrogen (secondary N) is 1. The number of carbonyl (C=O) groups excluding carboxylic acids is 2. The summed E-state index contributed by atoms with van der Waals surface area (Å²) in [5.41, 5.74) is 5.71. The molecule has 124 valence electrons. The highest BCUT2D eigenvalue weighted by atomic mass is 32.2. The maximum atomic E-state index is 12.0. The molecule has 0 saturated carbocycles. The fraction of sp³-hybridized carbons (Fsp3) is 0.385. The fourth-order valence-electron chi connectivity index (χ4n) is 1.68. The number of esters is 1. The zero-order valence-electron chi connectivity index (χ0n) is 12.5. The molecule has 0 aliphatic heterocycles. The van der Waals surface area contributed by atoms with Crippen LogP contribution >= 0.6 is 11.8 Å². The predicted octanol–water partition coefficient (Wildman–Crippen LogP) is 0.425. The Labute approximate surface area is 136 Å². The Morgan fingerprint density at radius 3 is 3.00 bits per heavy atom. The number of hydrogen-bond donors (Lipinski definition) is 2. The van der Waals surface area contributed by atoms with Crippen molar-refractivity contribution in [1.82, 2.24) is 20.1 Å². The van der Waals surface area contributed by atoms with Crippen LogP contribution in [0.25, 0.3) is 0 Å². The molecule has 2 heterocycles. The molecule has 0 unspecified atom stereocenters. The molecular weight excluding hydrogens is 322 g/mol. The minimum Gasteiger partial charge on any atom is -0.467 e. The number of furan rings is 1. The van der Waals surface area contributed by atoms with Crippen LogP contribution in [-0.4, -0.2) is 39.0 Å². The van der Waals surface area contributed by atoms with Crippen LogP contribution in [0, 0.1) is 0 Å². The van der Waals surface area contributed by atoms with E-state index in [9.17, 15) is 9.59 Å². The van der Waals surface area contributed by atoms with Crippen molar-refractivity contribution in [3.63, 3.8) is 0 Å². The number of hydrogen-bond acceptors (Lipinski definition) is 8. The number of amides is 1. The first kappa shape index (κ1) is 16.9. The SMILES string of the molecule is CCOC(=O)CSc1nnc(N)n1CC(=O)NCc1ccco1. The molecule has 0 aliphatic carbocycles. The first-order valence-corrected chi connectivity index (χ1v) is 7.85. The van der Waals surface area contributed by atoms with Gasteiger partial charge in [0.1, 0.15) is 12.3 Å². The average molecular weight is 339 g/mol. The van der Waals surface area contributed by atoms with E-state index in [2.05, 4.69) is 15.5 Å². The molecular formula is C13H17N5O4S. The van der Waals surface area contributed by atoms with Crippen LogP contribution in [-0.2, 0) is 27.4 Å². The summed E-state index contributed by atoms with van der Waals surface area (Å²) in [5.74, 6) is 0.176. The van der Waals surface area contributed by atoms with Gasteiger partial charge in [0, 0.05) is 0 Å².